The Morgan fingerprint density at radius 2 is 2.05 bits per heavy atom. The third-order valence-corrected chi connectivity index (χ3v) is 4.86. The summed E-state index contributed by atoms with van der Waals surface area (Å²) in [4.78, 5) is 23.6. The van der Waals surface area contributed by atoms with Gasteiger partial charge in [-0.1, -0.05) is 6.07 Å². The second-order valence-electron chi connectivity index (χ2n) is 3.72. The SMILES string of the molecule is O=C(c1ccc(OC(I)C(=O)O)c(I)c1)c1cccs1. The Labute approximate surface area is 146 Å². The molecule has 2 rings (SSSR count). The highest BCUT2D eigenvalue weighted by Gasteiger charge is 2.17. The number of halogens is 2. The van der Waals surface area contributed by atoms with Crippen LogP contribution in [0.2, 0.25) is 0 Å². The second kappa shape index (κ2) is 6.85. The molecule has 1 atom stereocenters. The molecule has 0 radical (unpaired) electrons. The van der Waals surface area contributed by atoms with Crippen molar-refractivity contribution in [1.82, 2.24) is 0 Å². The number of carbonyl (C=O) groups is 2. The van der Waals surface area contributed by atoms with Crippen molar-refractivity contribution in [3.05, 3.63) is 49.7 Å². The van der Waals surface area contributed by atoms with E-state index >= 15 is 0 Å². The molecule has 0 aliphatic carbocycles. The van der Waals surface area contributed by atoms with E-state index in [1.807, 2.05) is 34.0 Å². The third-order valence-electron chi connectivity index (χ3n) is 2.36. The molecular formula is C13H8I2O4S. The Balaban J connectivity index is 2.22. The average Bonchev–Trinajstić information content (AvgIpc) is 2.94. The van der Waals surface area contributed by atoms with Crippen molar-refractivity contribution in [1.29, 1.82) is 0 Å². The minimum absolute atomic E-state index is 0.0475. The van der Waals surface area contributed by atoms with Gasteiger partial charge in [-0.05, 0) is 74.8 Å². The van der Waals surface area contributed by atoms with E-state index in [9.17, 15) is 9.59 Å². The van der Waals surface area contributed by atoms with E-state index < -0.39 is 10.1 Å². The fraction of sp³-hybridized carbons (Fsp3) is 0.0769. The summed E-state index contributed by atoms with van der Waals surface area (Å²) in [6.45, 7) is 0. The molecule has 0 saturated heterocycles. The Morgan fingerprint density at radius 3 is 2.60 bits per heavy atom. The van der Waals surface area contributed by atoms with Gasteiger partial charge in [0.15, 0.2) is 0 Å². The van der Waals surface area contributed by atoms with E-state index in [0.29, 0.717) is 19.8 Å². The number of carbonyl (C=O) groups excluding carboxylic acids is 1. The lowest BCUT2D eigenvalue weighted by Gasteiger charge is -2.11. The van der Waals surface area contributed by atoms with Crippen LogP contribution in [0.1, 0.15) is 15.2 Å². The molecule has 0 saturated carbocycles. The maximum atomic E-state index is 12.2. The second-order valence-corrected chi connectivity index (χ2v) is 6.96. The van der Waals surface area contributed by atoms with Crippen molar-refractivity contribution >= 4 is 68.3 Å². The van der Waals surface area contributed by atoms with Crippen molar-refractivity contribution in [3.63, 3.8) is 0 Å². The van der Waals surface area contributed by atoms with Crippen LogP contribution in [0.3, 0.4) is 0 Å². The van der Waals surface area contributed by atoms with Gasteiger partial charge in [-0.25, -0.2) is 4.79 Å². The highest BCUT2D eigenvalue weighted by atomic mass is 127. The molecule has 1 N–H and O–H groups in total. The molecule has 2 aromatic rings. The lowest BCUT2D eigenvalue weighted by atomic mass is 10.1. The van der Waals surface area contributed by atoms with Crippen LogP contribution in [0.25, 0.3) is 0 Å². The van der Waals surface area contributed by atoms with Crippen LogP contribution in [-0.2, 0) is 4.79 Å². The first-order valence-electron chi connectivity index (χ1n) is 5.40. The first-order valence-corrected chi connectivity index (χ1v) is 8.60. The van der Waals surface area contributed by atoms with Crippen LogP contribution in [0.5, 0.6) is 5.75 Å². The third kappa shape index (κ3) is 3.70. The predicted octanol–water partition coefficient (Wildman–Crippen LogP) is 3.81. The lowest BCUT2D eigenvalue weighted by Crippen LogP contribution is -2.20. The molecule has 1 aromatic heterocycles. The Hall–Kier alpha value is -0.680. The zero-order chi connectivity index (χ0) is 14.7. The first-order chi connectivity index (χ1) is 9.49. The largest absolute Gasteiger partial charge is 0.478 e. The van der Waals surface area contributed by atoms with Gasteiger partial charge in [0.2, 0.25) is 9.89 Å². The van der Waals surface area contributed by atoms with Gasteiger partial charge in [0.1, 0.15) is 5.75 Å². The van der Waals surface area contributed by atoms with Gasteiger partial charge in [0, 0.05) is 5.56 Å². The van der Waals surface area contributed by atoms with Crippen molar-refractivity contribution in [2.24, 2.45) is 0 Å². The van der Waals surface area contributed by atoms with E-state index in [1.165, 1.54) is 11.3 Å². The minimum Gasteiger partial charge on any atom is -0.478 e. The lowest BCUT2D eigenvalue weighted by molar-refractivity contribution is -0.140. The van der Waals surface area contributed by atoms with Crippen molar-refractivity contribution < 1.29 is 19.4 Å². The first kappa shape index (κ1) is 15.7. The van der Waals surface area contributed by atoms with E-state index in [1.54, 1.807) is 46.9 Å². The normalized spacial score (nSPS) is 11.9. The van der Waals surface area contributed by atoms with E-state index in [4.69, 9.17) is 9.84 Å². The molecule has 0 spiro atoms. The molecule has 1 aromatic carbocycles. The van der Waals surface area contributed by atoms with Crippen LogP contribution in [0, 0.1) is 3.57 Å². The summed E-state index contributed by atoms with van der Waals surface area (Å²) in [5.74, 6) is -0.635. The zero-order valence-corrected chi connectivity index (χ0v) is 15.0. The van der Waals surface area contributed by atoms with Crippen LogP contribution >= 0.6 is 56.5 Å². The van der Waals surface area contributed by atoms with Gasteiger partial charge in [-0.3, -0.25) is 4.79 Å². The van der Waals surface area contributed by atoms with Crippen LogP contribution in [0.15, 0.2) is 35.7 Å². The number of benzene rings is 1. The molecule has 4 nitrogen and oxygen atoms in total. The molecule has 0 fully saturated rings. The van der Waals surface area contributed by atoms with Crippen LogP contribution in [0.4, 0.5) is 0 Å². The molecule has 0 aliphatic heterocycles. The number of carboxylic acid groups (broad SMARTS) is 1. The van der Waals surface area contributed by atoms with Crippen LogP contribution in [-0.4, -0.2) is 21.0 Å². The number of ether oxygens (including phenoxy) is 1. The number of hydrogen-bond acceptors (Lipinski definition) is 4. The number of ketones is 1. The smallest absolute Gasteiger partial charge is 0.355 e. The van der Waals surface area contributed by atoms with E-state index in [0.717, 1.165) is 0 Å². The summed E-state index contributed by atoms with van der Waals surface area (Å²) in [6.07, 6.45) is 0. The molecule has 7 heteroatoms. The van der Waals surface area contributed by atoms with Gasteiger partial charge in [-0.15, -0.1) is 11.3 Å². The van der Waals surface area contributed by atoms with Crippen LogP contribution < -0.4 is 4.74 Å². The maximum absolute atomic E-state index is 12.2. The maximum Gasteiger partial charge on any atom is 0.355 e. The summed E-state index contributed by atoms with van der Waals surface area (Å²) in [7, 11) is 0. The highest BCUT2D eigenvalue weighted by Crippen LogP contribution is 2.26. The Morgan fingerprint density at radius 1 is 1.30 bits per heavy atom. The molecule has 0 bridgehead atoms. The van der Waals surface area contributed by atoms with Crippen molar-refractivity contribution in [2.45, 2.75) is 4.11 Å². The number of alkyl halides is 1. The predicted molar refractivity (Wildman–Crippen MR) is 93.0 cm³/mol. The van der Waals surface area contributed by atoms with Crippen molar-refractivity contribution in [2.75, 3.05) is 0 Å². The fourth-order valence-electron chi connectivity index (χ4n) is 1.45. The molecule has 1 unspecified atom stereocenters. The number of rotatable bonds is 5. The Kier molecular flexibility index (Phi) is 5.38. The summed E-state index contributed by atoms with van der Waals surface area (Å²) in [6, 6.07) is 8.56. The number of thiophene rings is 1. The highest BCUT2D eigenvalue weighted by molar-refractivity contribution is 14.1. The Bertz CT molecular complexity index is 640. The topological polar surface area (TPSA) is 63.6 Å². The molecule has 1 heterocycles. The van der Waals surface area contributed by atoms with Gasteiger partial charge in [-0.2, -0.15) is 0 Å². The van der Waals surface area contributed by atoms with Gasteiger partial charge in [0.25, 0.3) is 0 Å². The molecular weight excluding hydrogens is 506 g/mol. The van der Waals surface area contributed by atoms with E-state index in [-0.39, 0.29) is 5.78 Å². The summed E-state index contributed by atoms with van der Waals surface area (Å²) in [5.41, 5.74) is 0.560. The molecule has 20 heavy (non-hydrogen) atoms. The van der Waals surface area contributed by atoms with Gasteiger partial charge in [0.05, 0.1) is 8.45 Å². The monoisotopic (exact) mass is 514 g/mol. The molecule has 0 aliphatic rings. The number of carboxylic acids is 1. The van der Waals surface area contributed by atoms with Crippen molar-refractivity contribution in [3.8, 4) is 5.75 Å². The number of hydrogen-bond donors (Lipinski definition) is 1. The summed E-state index contributed by atoms with van der Waals surface area (Å²) in [5, 5.41) is 10.7. The summed E-state index contributed by atoms with van der Waals surface area (Å²) < 4.78 is 5.05. The molecule has 0 amide bonds. The quantitative estimate of drug-likeness (QED) is 0.375. The van der Waals surface area contributed by atoms with Gasteiger partial charge < -0.3 is 9.84 Å². The summed E-state index contributed by atoms with van der Waals surface area (Å²) >= 11 is 5.10. The minimum atomic E-state index is -1.04. The number of aliphatic carboxylic acids is 1. The zero-order valence-electron chi connectivity index (χ0n) is 9.88. The average molecular weight is 514 g/mol. The van der Waals surface area contributed by atoms with Gasteiger partial charge >= 0.3 is 5.97 Å². The standard InChI is InChI=1S/C13H8I2O4S/c14-8-6-7(11(16)10-2-1-5-20-10)3-4-9(8)19-12(15)13(17)18/h1-6,12H,(H,17,18). The fourth-order valence-corrected chi connectivity index (χ4v) is 3.05. The molecule has 104 valence electrons. The van der Waals surface area contributed by atoms with E-state index in [2.05, 4.69) is 0 Å².